The van der Waals surface area contributed by atoms with Crippen LogP contribution in [-0.2, 0) is 0 Å². The minimum absolute atomic E-state index is 0.0729. The minimum atomic E-state index is -0.356. The number of fused-ring (bicyclic) bond motifs is 3. The van der Waals surface area contributed by atoms with Crippen LogP contribution >= 0.6 is 0 Å². The third-order valence-corrected chi connectivity index (χ3v) is 6.45. The number of rotatable bonds is 4. The fourth-order valence-electron chi connectivity index (χ4n) is 4.63. The fraction of sp³-hybridized carbons (Fsp3) is 0.240. The molecule has 1 N–H and O–H groups in total. The van der Waals surface area contributed by atoms with Gasteiger partial charge in [0.25, 0.3) is 11.2 Å². The van der Waals surface area contributed by atoms with Crippen molar-refractivity contribution in [2.45, 2.75) is 26.7 Å². The van der Waals surface area contributed by atoms with E-state index in [1.165, 1.54) is 4.40 Å². The molecule has 0 unspecified atom stereocenters. The molecule has 34 heavy (non-hydrogen) atoms. The maximum atomic E-state index is 13.5. The summed E-state index contributed by atoms with van der Waals surface area (Å²) in [7, 11) is 0. The van der Waals surface area contributed by atoms with Crippen molar-refractivity contribution in [3.63, 3.8) is 0 Å². The van der Waals surface area contributed by atoms with Gasteiger partial charge in [-0.15, -0.1) is 0 Å². The predicted octanol–water partition coefficient (Wildman–Crippen LogP) is 3.41. The normalized spacial score (nSPS) is 14.1. The first-order chi connectivity index (χ1) is 16.4. The number of nitrogens with one attached hydrogen (secondary N) is 1. The Morgan fingerprint density at radius 2 is 1.94 bits per heavy atom. The van der Waals surface area contributed by atoms with Gasteiger partial charge in [-0.05, 0) is 56.0 Å². The first-order valence-electron chi connectivity index (χ1n) is 11.0. The number of nitro benzene ring substituents is 1. The Morgan fingerprint density at radius 3 is 2.65 bits per heavy atom. The lowest BCUT2D eigenvalue weighted by Crippen LogP contribution is -2.35. The van der Waals surface area contributed by atoms with Gasteiger partial charge in [-0.3, -0.25) is 19.3 Å². The van der Waals surface area contributed by atoms with Crippen molar-refractivity contribution in [1.29, 1.82) is 5.26 Å². The Hall–Kier alpha value is -4.45. The van der Waals surface area contributed by atoms with Crippen molar-refractivity contribution in [3.8, 4) is 6.07 Å². The molecule has 3 heterocycles. The zero-order valence-electron chi connectivity index (χ0n) is 18.8. The van der Waals surface area contributed by atoms with E-state index in [9.17, 15) is 20.2 Å². The Bertz CT molecular complexity index is 1630. The monoisotopic (exact) mass is 454 g/mol. The second-order valence-electron chi connectivity index (χ2n) is 8.49. The Labute approximate surface area is 194 Å². The van der Waals surface area contributed by atoms with Gasteiger partial charge >= 0.3 is 0 Å². The first kappa shape index (κ1) is 21.4. The van der Waals surface area contributed by atoms with Crippen molar-refractivity contribution in [2.24, 2.45) is 0 Å². The maximum absolute atomic E-state index is 13.5. The van der Waals surface area contributed by atoms with Crippen molar-refractivity contribution < 1.29 is 4.92 Å². The molecule has 1 aliphatic rings. The van der Waals surface area contributed by atoms with Gasteiger partial charge in [-0.1, -0.05) is 12.1 Å². The summed E-state index contributed by atoms with van der Waals surface area (Å²) in [6.45, 7) is 5.06. The molecule has 4 aromatic rings. The quantitative estimate of drug-likeness (QED) is 0.371. The van der Waals surface area contributed by atoms with Gasteiger partial charge in [0.1, 0.15) is 11.8 Å². The number of nitrogens with zero attached hydrogens (tertiary/aromatic N) is 5. The number of anilines is 2. The number of nitro groups is 1. The van der Waals surface area contributed by atoms with Crippen molar-refractivity contribution in [2.75, 3.05) is 23.3 Å². The number of aromatic nitrogens is 2. The number of aryl methyl sites for hydroxylation is 1. The predicted molar refractivity (Wildman–Crippen MR) is 131 cm³/mol. The van der Waals surface area contributed by atoms with Crippen LogP contribution in [0.25, 0.3) is 22.9 Å². The summed E-state index contributed by atoms with van der Waals surface area (Å²) in [5.41, 5.74) is 4.19. The van der Waals surface area contributed by atoms with Gasteiger partial charge in [-0.25, -0.2) is 4.98 Å². The van der Waals surface area contributed by atoms with Gasteiger partial charge in [0.15, 0.2) is 5.65 Å². The topological polar surface area (TPSA) is 117 Å². The van der Waals surface area contributed by atoms with Gasteiger partial charge in [-0.2, -0.15) is 5.26 Å². The van der Waals surface area contributed by atoms with E-state index in [0.29, 0.717) is 50.0 Å². The Kier molecular flexibility index (Phi) is 5.13. The lowest BCUT2D eigenvalue weighted by molar-refractivity contribution is -0.384. The van der Waals surface area contributed by atoms with E-state index in [4.69, 9.17) is 0 Å². The van der Waals surface area contributed by atoms with Crippen LogP contribution in [0.2, 0.25) is 0 Å². The molecule has 0 atom stereocenters. The molecule has 170 valence electrons. The number of benzene rings is 2. The number of imidazole rings is 1. The number of hydrogen-bond donors (Lipinski definition) is 1. The van der Waals surface area contributed by atoms with E-state index in [0.717, 1.165) is 25.9 Å². The molecule has 0 aliphatic carbocycles. The SMILES string of the molecule is Cc1cc([N+](=O)[O-])c(N2CCCC2)cc1N/C=c1/c(C)c(C#N)c2nc3ccccc3n2c1=O. The third kappa shape index (κ3) is 3.31. The summed E-state index contributed by atoms with van der Waals surface area (Å²) in [5.74, 6) is 0. The molecule has 0 radical (unpaired) electrons. The van der Waals surface area contributed by atoms with Crippen LogP contribution < -0.4 is 21.0 Å². The molecule has 0 amide bonds. The van der Waals surface area contributed by atoms with E-state index >= 15 is 0 Å². The highest BCUT2D eigenvalue weighted by Crippen LogP contribution is 2.35. The summed E-state index contributed by atoms with van der Waals surface area (Å²) >= 11 is 0. The maximum Gasteiger partial charge on any atom is 0.292 e. The van der Waals surface area contributed by atoms with Crippen LogP contribution in [0.5, 0.6) is 0 Å². The molecule has 0 bridgehead atoms. The van der Waals surface area contributed by atoms with Gasteiger partial charge in [0.2, 0.25) is 0 Å². The van der Waals surface area contributed by atoms with Crippen LogP contribution in [0.15, 0.2) is 41.2 Å². The lowest BCUT2D eigenvalue weighted by atomic mass is 10.1. The van der Waals surface area contributed by atoms with Crippen molar-refractivity contribution >= 4 is 39.9 Å². The molecule has 5 rings (SSSR count). The minimum Gasteiger partial charge on any atom is -0.366 e. The number of para-hydroxylation sites is 2. The van der Waals surface area contributed by atoms with Gasteiger partial charge in [0, 0.05) is 31.0 Å². The van der Waals surface area contributed by atoms with Crippen molar-refractivity contribution in [3.05, 3.63) is 78.8 Å². The average Bonchev–Trinajstić information content (AvgIpc) is 3.48. The van der Waals surface area contributed by atoms with Crippen LogP contribution in [0.4, 0.5) is 17.1 Å². The lowest BCUT2D eigenvalue weighted by Gasteiger charge is -2.19. The zero-order valence-corrected chi connectivity index (χ0v) is 18.8. The summed E-state index contributed by atoms with van der Waals surface area (Å²) < 4.78 is 1.47. The van der Waals surface area contributed by atoms with Crippen LogP contribution in [0.1, 0.15) is 29.5 Å². The van der Waals surface area contributed by atoms with Crippen molar-refractivity contribution in [1.82, 2.24) is 9.38 Å². The second kappa shape index (κ2) is 8.15. The average molecular weight is 454 g/mol. The number of hydrogen-bond acceptors (Lipinski definition) is 7. The summed E-state index contributed by atoms with van der Waals surface area (Å²) in [5, 5.41) is 25.0. The van der Waals surface area contributed by atoms with E-state index in [-0.39, 0.29) is 16.2 Å². The third-order valence-electron chi connectivity index (χ3n) is 6.45. The molecular weight excluding hydrogens is 432 g/mol. The molecule has 0 saturated carbocycles. The van der Waals surface area contributed by atoms with Crippen LogP contribution in [0, 0.1) is 35.3 Å². The molecular formula is C25H22N6O3. The zero-order chi connectivity index (χ0) is 24.0. The highest BCUT2D eigenvalue weighted by atomic mass is 16.6. The largest absolute Gasteiger partial charge is 0.366 e. The number of pyridine rings is 1. The molecule has 2 aromatic carbocycles. The molecule has 0 spiro atoms. The van der Waals surface area contributed by atoms with E-state index in [1.807, 2.05) is 17.0 Å². The van der Waals surface area contributed by atoms with E-state index in [2.05, 4.69) is 16.4 Å². The first-order valence-corrected chi connectivity index (χ1v) is 11.0. The molecule has 9 nitrogen and oxygen atoms in total. The fourth-order valence-corrected chi connectivity index (χ4v) is 4.63. The smallest absolute Gasteiger partial charge is 0.292 e. The Balaban J connectivity index is 1.69. The standard InChI is InChI=1S/C25H22N6O3/c1-15-11-23(31(33)34)22(29-9-5-6-10-29)12-20(15)27-14-18-16(2)17(13-26)24-28-19-7-3-4-8-21(19)30(24)25(18)32/h3-4,7-8,11-12,14,27H,5-6,9-10H2,1-2H3/b18-14-. The summed E-state index contributed by atoms with van der Waals surface area (Å²) in [6, 6.07) is 12.8. The highest BCUT2D eigenvalue weighted by molar-refractivity contribution is 5.83. The van der Waals surface area contributed by atoms with Crippen LogP contribution in [0.3, 0.4) is 0 Å². The number of nitriles is 1. The molecule has 1 aliphatic heterocycles. The summed E-state index contributed by atoms with van der Waals surface area (Å²) in [4.78, 5) is 31.3. The van der Waals surface area contributed by atoms with E-state index in [1.54, 1.807) is 44.3 Å². The molecule has 9 heteroatoms. The second-order valence-corrected chi connectivity index (χ2v) is 8.49. The Morgan fingerprint density at radius 1 is 1.21 bits per heavy atom. The highest BCUT2D eigenvalue weighted by Gasteiger charge is 2.24. The summed E-state index contributed by atoms with van der Waals surface area (Å²) in [6.07, 6.45) is 3.57. The van der Waals surface area contributed by atoms with Gasteiger partial charge < -0.3 is 10.2 Å². The van der Waals surface area contributed by atoms with E-state index < -0.39 is 0 Å². The van der Waals surface area contributed by atoms with Crippen LogP contribution in [-0.4, -0.2) is 27.4 Å². The molecule has 1 fully saturated rings. The molecule has 1 saturated heterocycles. The molecule has 2 aromatic heterocycles. The van der Waals surface area contributed by atoms with Gasteiger partial charge in [0.05, 0.1) is 26.7 Å².